The van der Waals surface area contributed by atoms with Gasteiger partial charge in [-0.2, -0.15) is 26.3 Å². The number of urea groups is 1. The molecule has 3 amide bonds. The summed E-state index contributed by atoms with van der Waals surface area (Å²) in [5, 5.41) is 5.85. The van der Waals surface area contributed by atoms with Gasteiger partial charge in [-0.15, -0.1) is 0 Å². The van der Waals surface area contributed by atoms with Gasteiger partial charge in [0.25, 0.3) is 5.91 Å². The summed E-state index contributed by atoms with van der Waals surface area (Å²) in [6.45, 7) is 2.89. The molecule has 238 valence electrons. The molecule has 0 unspecified atom stereocenters. The molecule has 1 aliphatic rings. The first-order valence-corrected chi connectivity index (χ1v) is 12.6. The molecule has 1 fully saturated rings. The lowest BCUT2D eigenvalue weighted by Gasteiger charge is -2.36. The van der Waals surface area contributed by atoms with E-state index in [1.165, 1.54) is 12.1 Å². The van der Waals surface area contributed by atoms with Crippen molar-refractivity contribution in [1.29, 1.82) is 0 Å². The van der Waals surface area contributed by atoms with Crippen LogP contribution in [0.4, 0.5) is 31.1 Å². The van der Waals surface area contributed by atoms with E-state index in [0.717, 1.165) is 13.8 Å². The number of nitrogens with two attached hydrogens (primary N) is 1. The van der Waals surface area contributed by atoms with Crippen molar-refractivity contribution in [2.75, 3.05) is 20.8 Å². The van der Waals surface area contributed by atoms with Crippen molar-refractivity contribution >= 4 is 38.7 Å². The number of nitrogens with zero attached hydrogens (tertiary/aromatic N) is 4. The fourth-order valence-corrected chi connectivity index (χ4v) is 3.65. The molecule has 1 saturated heterocycles. The number of imidazole rings is 1. The number of aromatic amines is 1. The molecule has 4 N–H and O–H groups in total. The summed E-state index contributed by atoms with van der Waals surface area (Å²) in [7, 11) is 14.5. The monoisotopic (exact) mass is 631 g/mol. The molecule has 44 heavy (non-hydrogen) atoms. The maximum Gasteiger partial charge on any atom is 0.416 e. The summed E-state index contributed by atoms with van der Waals surface area (Å²) < 4.78 is 91.2. The molecule has 1 aromatic carbocycles. The van der Waals surface area contributed by atoms with Crippen molar-refractivity contribution in [3.8, 4) is 0 Å². The lowest BCUT2D eigenvalue weighted by molar-refractivity contribution is -0.263. The zero-order valence-electron chi connectivity index (χ0n) is 24.3. The number of primary amides is 1. The third-order valence-electron chi connectivity index (χ3n) is 6.08. The number of halogens is 6. The second kappa shape index (κ2) is 13.9. The standard InChI is InChI=1S/C18H18B2F6N4O2.C4H5N3O2.C2H6O/c1-15(2,18(24,25)26)32-6-5-12-27-10-4-3-9(7-11(10)28-12)8-30-14(31)29-13(16(30,19)20)17(21,22)23;1-2-3(4(5)8)7-9-6-2;1-3-2/h3-4,7,13H,5-6,8H2,1-2H3,(H,27,28)(H,29,31);1H3,(H2,5,8);1-2H3/t13-;;/m0../s1. The Labute approximate surface area is 250 Å². The van der Waals surface area contributed by atoms with E-state index < -0.39 is 41.3 Å². The summed E-state index contributed by atoms with van der Waals surface area (Å²) in [5.74, 6) is -0.257. The number of aromatic nitrogens is 4. The lowest BCUT2D eigenvalue weighted by Crippen LogP contribution is -2.58. The Morgan fingerprint density at radius 2 is 1.77 bits per heavy atom. The van der Waals surface area contributed by atoms with Crippen LogP contribution in [0.5, 0.6) is 0 Å². The van der Waals surface area contributed by atoms with Crippen LogP contribution in [0.2, 0.25) is 0 Å². The molecule has 1 atom stereocenters. The van der Waals surface area contributed by atoms with E-state index in [1.54, 1.807) is 32.5 Å². The smallest absolute Gasteiger partial charge is 0.388 e. The number of nitrogens with one attached hydrogen (secondary N) is 2. The first-order chi connectivity index (χ1) is 20.2. The Morgan fingerprint density at radius 1 is 1.16 bits per heavy atom. The van der Waals surface area contributed by atoms with Crippen molar-refractivity contribution in [1.82, 2.24) is 30.5 Å². The minimum Gasteiger partial charge on any atom is -0.388 e. The number of rotatable bonds is 7. The quantitative estimate of drug-likeness (QED) is 0.265. The summed E-state index contributed by atoms with van der Waals surface area (Å²) >= 11 is 0. The summed E-state index contributed by atoms with van der Waals surface area (Å²) in [4.78, 5) is 30.2. The van der Waals surface area contributed by atoms with E-state index in [1.807, 2.05) is 0 Å². The molecule has 12 nitrogen and oxygen atoms in total. The second-order valence-electron chi connectivity index (χ2n) is 10.0. The third kappa shape index (κ3) is 8.87. The number of hydrogen-bond acceptors (Lipinski definition) is 8. The van der Waals surface area contributed by atoms with Crippen LogP contribution >= 0.6 is 0 Å². The van der Waals surface area contributed by atoms with Crippen LogP contribution in [-0.2, 0) is 22.4 Å². The molecular formula is C24H29B2F6N7O5. The highest BCUT2D eigenvalue weighted by molar-refractivity contribution is 6.42. The van der Waals surface area contributed by atoms with Gasteiger partial charge in [-0.05, 0) is 49.0 Å². The van der Waals surface area contributed by atoms with Gasteiger partial charge in [0, 0.05) is 27.2 Å². The largest absolute Gasteiger partial charge is 0.416 e. The van der Waals surface area contributed by atoms with Gasteiger partial charge in [-0.25, -0.2) is 14.4 Å². The molecule has 0 spiro atoms. The van der Waals surface area contributed by atoms with Crippen LogP contribution in [0.15, 0.2) is 22.8 Å². The van der Waals surface area contributed by atoms with Gasteiger partial charge >= 0.3 is 18.4 Å². The van der Waals surface area contributed by atoms with Crippen molar-refractivity contribution in [2.24, 2.45) is 5.73 Å². The van der Waals surface area contributed by atoms with Crippen molar-refractivity contribution < 1.29 is 50.0 Å². The van der Waals surface area contributed by atoms with Crippen molar-refractivity contribution in [2.45, 2.75) is 63.1 Å². The summed E-state index contributed by atoms with van der Waals surface area (Å²) in [5.41, 5.74) is 4.42. The predicted octanol–water partition coefficient (Wildman–Crippen LogP) is 2.65. The Bertz CT molecular complexity index is 1430. The van der Waals surface area contributed by atoms with Gasteiger partial charge in [-0.1, -0.05) is 11.2 Å². The highest BCUT2D eigenvalue weighted by Gasteiger charge is 2.57. The van der Waals surface area contributed by atoms with E-state index in [-0.39, 0.29) is 25.3 Å². The molecule has 0 aliphatic carbocycles. The second-order valence-corrected chi connectivity index (χ2v) is 10.0. The maximum atomic E-state index is 13.1. The SMILES string of the molecule is COC.Cc1nonc1C(N)=O.[B]C1([B])[C@@H](C(F)(F)F)NC(=O)N1Cc1ccc2nc(CCOC(C)(C)C(F)(F)F)[nH]c2c1. The number of fused-ring (bicyclic) bond motifs is 1. The van der Waals surface area contributed by atoms with Crippen LogP contribution in [0.1, 0.15) is 41.4 Å². The van der Waals surface area contributed by atoms with E-state index in [4.69, 9.17) is 26.2 Å². The van der Waals surface area contributed by atoms with E-state index in [0.29, 0.717) is 33.0 Å². The highest BCUT2D eigenvalue weighted by Crippen LogP contribution is 2.34. The molecule has 20 heteroatoms. The molecule has 1 aliphatic heterocycles. The number of H-pyrrole nitrogens is 1. The van der Waals surface area contributed by atoms with E-state index >= 15 is 0 Å². The van der Waals surface area contributed by atoms with Gasteiger partial charge in [0.05, 0.1) is 33.3 Å². The number of hydrogen-bond donors (Lipinski definition) is 3. The number of carbonyl (C=O) groups excluding carboxylic acids is 2. The van der Waals surface area contributed by atoms with Crippen LogP contribution < -0.4 is 11.1 Å². The van der Waals surface area contributed by atoms with Crippen LogP contribution in [0, 0.1) is 6.92 Å². The Morgan fingerprint density at radius 3 is 2.23 bits per heavy atom. The molecule has 2 aromatic heterocycles. The molecule has 0 saturated carbocycles. The van der Waals surface area contributed by atoms with E-state index in [2.05, 4.69) is 29.6 Å². The van der Waals surface area contributed by atoms with Crippen LogP contribution in [-0.4, -0.2) is 103 Å². The zero-order chi connectivity index (χ0) is 33.7. The molecule has 0 bridgehead atoms. The predicted molar refractivity (Wildman–Crippen MR) is 145 cm³/mol. The van der Waals surface area contributed by atoms with E-state index in [9.17, 15) is 35.9 Å². The van der Waals surface area contributed by atoms with Gasteiger partial charge in [-0.3, -0.25) is 4.79 Å². The first kappa shape index (κ1) is 36.4. The summed E-state index contributed by atoms with van der Waals surface area (Å²) in [6.07, 6.45) is -9.29. The number of aryl methyl sites for hydroxylation is 1. The van der Waals surface area contributed by atoms with Gasteiger partial charge in [0.2, 0.25) is 0 Å². The molecule has 3 aromatic rings. The Hall–Kier alpha value is -3.80. The zero-order valence-corrected chi connectivity index (χ0v) is 24.3. The molecule has 3 heterocycles. The topological polar surface area (TPSA) is 161 Å². The fraction of sp³-hybridized carbons (Fsp3) is 0.542. The molecule has 4 rings (SSSR count). The molecule has 4 radical (unpaired) electrons. The number of benzene rings is 1. The Kier molecular flexibility index (Phi) is 11.5. The lowest BCUT2D eigenvalue weighted by atomic mass is 9.57. The first-order valence-electron chi connectivity index (χ1n) is 12.6. The van der Waals surface area contributed by atoms with Gasteiger partial charge in [0.1, 0.15) is 17.6 Å². The van der Waals surface area contributed by atoms with Crippen LogP contribution in [0.3, 0.4) is 0 Å². The number of ether oxygens (including phenoxy) is 2. The number of amides is 3. The number of methoxy groups -OCH3 is 1. The third-order valence-corrected chi connectivity index (χ3v) is 6.08. The number of carbonyl (C=O) groups is 2. The highest BCUT2D eigenvalue weighted by atomic mass is 19.4. The fourth-order valence-electron chi connectivity index (χ4n) is 3.65. The van der Waals surface area contributed by atoms with Crippen molar-refractivity contribution in [3.05, 3.63) is 41.0 Å². The van der Waals surface area contributed by atoms with Gasteiger partial charge in [0.15, 0.2) is 11.3 Å². The van der Waals surface area contributed by atoms with Crippen LogP contribution in [0.25, 0.3) is 11.0 Å². The molecular weight excluding hydrogens is 602 g/mol. The minimum atomic E-state index is -4.83. The average molecular weight is 631 g/mol. The number of alkyl halides is 6. The van der Waals surface area contributed by atoms with Gasteiger partial charge < -0.3 is 30.4 Å². The maximum absolute atomic E-state index is 13.1. The average Bonchev–Trinajstić information content (AvgIpc) is 3.55. The normalized spacial score (nSPS) is 16.6. The Balaban J connectivity index is 0.000000471. The summed E-state index contributed by atoms with van der Waals surface area (Å²) in [6, 6.07) is 1.12. The van der Waals surface area contributed by atoms with Crippen molar-refractivity contribution in [3.63, 3.8) is 0 Å². The minimum absolute atomic E-state index is 0.0695.